The summed E-state index contributed by atoms with van der Waals surface area (Å²) in [6, 6.07) is 19.8. The van der Waals surface area contributed by atoms with Crippen LogP contribution in [0.25, 0.3) is 0 Å². The smallest absolute Gasteiger partial charge is 0.254 e. The number of rotatable bonds is 9. The van der Waals surface area contributed by atoms with Crippen LogP contribution in [0.4, 0.5) is 4.39 Å². The molecule has 9 heteroatoms. The number of benzene rings is 3. The summed E-state index contributed by atoms with van der Waals surface area (Å²) in [6.45, 7) is 4.76. The Balaban J connectivity index is 1.35. The van der Waals surface area contributed by atoms with E-state index in [9.17, 15) is 22.4 Å². The van der Waals surface area contributed by atoms with E-state index in [1.807, 2.05) is 43.0 Å². The SMILES string of the molecule is Cc1ccc(S(=O)(=O)N(CC(=O)N(Cc2ccc(F)cc2)C2CCN(C(=O)c3ccccc3C)CC2)C2CC2)cc1. The fraction of sp³-hybridized carbons (Fsp3) is 0.375. The number of piperidine rings is 1. The largest absolute Gasteiger partial charge is 0.338 e. The summed E-state index contributed by atoms with van der Waals surface area (Å²) in [6.07, 6.45) is 2.57. The molecule has 0 bridgehead atoms. The van der Waals surface area contributed by atoms with Crippen molar-refractivity contribution in [3.8, 4) is 0 Å². The van der Waals surface area contributed by atoms with Gasteiger partial charge in [0.25, 0.3) is 5.91 Å². The normalized spacial score (nSPS) is 16.1. The molecule has 0 aromatic heterocycles. The Labute approximate surface area is 241 Å². The van der Waals surface area contributed by atoms with Gasteiger partial charge in [0.2, 0.25) is 15.9 Å². The second-order valence-electron chi connectivity index (χ2n) is 11.1. The van der Waals surface area contributed by atoms with Gasteiger partial charge in [0.15, 0.2) is 0 Å². The number of hydrogen-bond donors (Lipinski definition) is 0. The van der Waals surface area contributed by atoms with Gasteiger partial charge in [-0.3, -0.25) is 9.59 Å². The molecule has 1 aliphatic carbocycles. The third-order valence-corrected chi connectivity index (χ3v) is 9.94. The number of nitrogens with zero attached hydrogens (tertiary/aromatic N) is 3. The lowest BCUT2D eigenvalue weighted by molar-refractivity contribution is -0.135. The number of sulfonamides is 1. The van der Waals surface area contributed by atoms with Crippen LogP contribution in [0.5, 0.6) is 0 Å². The van der Waals surface area contributed by atoms with Crippen molar-refractivity contribution in [1.29, 1.82) is 0 Å². The van der Waals surface area contributed by atoms with E-state index < -0.39 is 10.0 Å². The van der Waals surface area contributed by atoms with Crippen molar-refractivity contribution >= 4 is 21.8 Å². The molecule has 41 heavy (non-hydrogen) atoms. The minimum Gasteiger partial charge on any atom is -0.338 e. The van der Waals surface area contributed by atoms with Gasteiger partial charge in [-0.15, -0.1) is 0 Å². The number of aryl methyl sites for hydroxylation is 2. The summed E-state index contributed by atoms with van der Waals surface area (Å²) < 4.78 is 42.2. The van der Waals surface area contributed by atoms with E-state index in [0.29, 0.717) is 31.5 Å². The fourth-order valence-corrected chi connectivity index (χ4v) is 7.05. The van der Waals surface area contributed by atoms with Gasteiger partial charge in [-0.1, -0.05) is 48.0 Å². The Kier molecular flexibility index (Phi) is 8.56. The molecule has 2 fully saturated rings. The molecule has 0 atom stereocenters. The zero-order valence-corrected chi connectivity index (χ0v) is 24.3. The lowest BCUT2D eigenvalue weighted by Gasteiger charge is -2.39. The molecule has 2 amide bonds. The number of likely N-dealkylation sites (tertiary alicyclic amines) is 1. The highest BCUT2D eigenvalue weighted by atomic mass is 32.2. The second-order valence-corrected chi connectivity index (χ2v) is 13.0. The number of amides is 2. The molecule has 3 aromatic carbocycles. The molecule has 2 aliphatic rings. The van der Waals surface area contributed by atoms with Crippen molar-refractivity contribution in [3.63, 3.8) is 0 Å². The minimum atomic E-state index is -3.86. The van der Waals surface area contributed by atoms with E-state index in [1.165, 1.54) is 16.4 Å². The Morgan fingerprint density at radius 3 is 2.10 bits per heavy atom. The van der Waals surface area contributed by atoms with E-state index in [4.69, 9.17) is 0 Å². The first-order valence-electron chi connectivity index (χ1n) is 14.1. The van der Waals surface area contributed by atoms with Gasteiger partial charge in [0, 0.05) is 37.3 Å². The standard InChI is InChI=1S/C32H36FN3O4S/c1-23-7-15-29(16-8-23)41(39,40)36(28-13-14-28)22-31(37)35(21-25-9-11-26(33)12-10-25)27-17-19-34(20-18-27)32(38)30-6-4-3-5-24(30)2/h3-12,15-16,27-28H,13-14,17-22H2,1-2H3. The molecule has 0 N–H and O–H groups in total. The summed E-state index contributed by atoms with van der Waals surface area (Å²) in [5, 5.41) is 0. The fourth-order valence-electron chi connectivity index (χ4n) is 5.41. The second kappa shape index (κ2) is 12.1. The maximum atomic E-state index is 13.9. The van der Waals surface area contributed by atoms with Gasteiger partial charge >= 0.3 is 0 Å². The monoisotopic (exact) mass is 577 g/mol. The molecule has 1 saturated carbocycles. The van der Waals surface area contributed by atoms with Crippen LogP contribution >= 0.6 is 0 Å². The van der Waals surface area contributed by atoms with Crippen LogP contribution < -0.4 is 0 Å². The summed E-state index contributed by atoms with van der Waals surface area (Å²) in [5.41, 5.74) is 3.31. The third kappa shape index (κ3) is 6.68. The van der Waals surface area contributed by atoms with E-state index in [-0.39, 0.29) is 47.7 Å². The first kappa shape index (κ1) is 29.0. The van der Waals surface area contributed by atoms with Gasteiger partial charge in [-0.05, 0) is 81.0 Å². The lowest BCUT2D eigenvalue weighted by atomic mass is 10.00. The molecule has 7 nitrogen and oxygen atoms in total. The van der Waals surface area contributed by atoms with Crippen molar-refractivity contribution in [2.45, 2.75) is 63.1 Å². The van der Waals surface area contributed by atoms with Gasteiger partial charge < -0.3 is 9.80 Å². The number of carbonyl (C=O) groups is 2. The molecule has 0 spiro atoms. The third-order valence-electron chi connectivity index (χ3n) is 8.03. The molecular formula is C32H36FN3O4S. The predicted octanol–water partition coefficient (Wildman–Crippen LogP) is 4.93. The molecule has 1 aliphatic heterocycles. The molecule has 216 valence electrons. The molecule has 3 aromatic rings. The summed E-state index contributed by atoms with van der Waals surface area (Å²) >= 11 is 0. The maximum absolute atomic E-state index is 13.9. The molecule has 1 heterocycles. The lowest BCUT2D eigenvalue weighted by Crippen LogP contribution is -2.51. The zero-order chi connectivity index (χ0) is 29.1. The van der Waals surface area contributed by atoms with Crippen molar-refractivity contribution in [3.05, 3.63) is 101 Å². The maximum Gasteiger partial charge on any atom is 0.254 e. The van der Waals surface area contributed by atoms with E-state index in [2.05, 4.69) is 0 Å². The molecule has 1 saturated heterocycles. The molecule has 0 radical (unpaired) electrons. The van der Waals surface area contributed by atoms with E-state index >= 15 is 0 Å². The van der Waals surface area contributed by atoms with Crippen LogP contribution in [0.15, 0.2) is 77.7 Å². The summed E-state index contributed by atoms with van der Waals surface area (Å²) in [5.74, 6) is -0.679. The Bertz CT molecular complexity index is 1500. The van der Waals surface area contributed by atoms with Crippen molar-refractivity contribution in [2.24, 2.45) is 0 Å². The average molecular weight is 578 g/mol. The van der Waals surface area contributed by atoms with Crippen LogP contribution in [0.1, 0.15) is 52.7 Å². The van der Waals surface area contributed by atoms with Crippen LogP contribution in [-0.4, -0.2) is 66.1 Å². The van der Waals surface area contributed by atoms with Crippen LogP contribution in [0, 0.1) is 19.7 Å². The van der Waals surface area contributed by atoms with E-state index in [1.54, 1.807) is 41.3 Å². The molecule has 5 rings (SSSR count). The number of hydrogen-bond acceptors (Lipinski definition) is 4. The van der Waals surface area contributed by atoms with Crippen molar-refractivity contribution < 1.29 is 22.4 Å². The summed E-state index contributed by atoms with van der Waals surface area (Å²) in [7, 11) is -3.86. The first-order chi connectivity index (χ1) is 19.6. The minimum absolute atomic E-state index is 0.0259. The van der Waals surface area contributed by atoms with Crippen LogP contribution in [0.3, 0.4) is 0 Å². The van der Waals surface area contributed by atoms with Gasteiger partial charge in [-0.25, -0.2) is 12.8 Å². The van der Waals surface area contributed by atoms with Crippen molar-refractivity contribution in [1.82, 2.24) is 14.1 Å². The van der Waals surface area contributed by atoms with Crippen LogP contribution in [-0.2, 0) is 21.4 Å². The first-order valence-corrected chi connectivity index (χ1v) is 15.5. The van der Waals surface area contributed by atoms with Crippen LogP contribution in [0.2, 0.25) is 0 Å². The highest BCUT2D eigenvalue weighted by Crippen LogP contribution is 2.33. The van der Waals surface area contributed by atoms with Gasteiger partial charge in [-0.2, -0.15) is 4.31 Å². The Morgan fingerprint density at radius 2 is 1.49 bits per heavy atom. The Morgan fingerprint density at radius 1 is 0.854 bits per heavy atom. The Hall–Kier alpha value is -3.56. The quantitative estimate of drug-likeness (QED) is 0.362. The zero-order valence-electron chi connectivity index (χ0n) is 23.5. The average Bonchev–Trinajstić information content (AvgIpc) is 3.81. The highest BCUT2D eigenvalue weighted by Gasteiger charge is 2.41. The molecular weight excluding hydrogens is 541 g/mol. The topological polar surface area (TPSA) is 78.0 Å². The van der Waals surface area contributed by atoms with Gasteiger partial charge in [0.05, 0.1) is 11.4 Å². The van der Waals surface area contributed by atoms with Crippen molar-refractivity contribution in [2.75, 3.05) is 19.6 Å². The van der Waals surface area contributed by atoms with Gasteiger partial charge in [0.1, 0.15) is 5.82 Å². The number of carbonyl (C=O) groups excluding carboxylic acids is 2. The summed E-state index contributed by atoms with van der Waals surface area (Å²) in [4.78, 5) is 30.8. The molecule has 0 unspecified atom stereocenters. The van der Waals surface area contributed by atoms with E-state index in [0.717, 1.165) is 29.5 Å². The number of halogens is 1. The predicted molar refractivity (Wildman–Crippen MR) is 155 cm³/mol. The highest BCUT2D eigenvalue weighted by molar-refractivity contribution is 7.89.